The molecule has 0 fully saturated rings. The lowest BCUT2D eigenvalue weighted by Crippen LogP contribution is -2.02. The third-order valence-corrected chi connectivity index (χ3v) is 2.96. The SMILES string of the molecule is O=C(O)c1cccc(NCc2cc(Cl)cc(Cl)c2)c1. The third-order valence-electron chi connectivity index (χ3n) is 2.53. The molecule has 0 saturated carbocycles. The van der Waals surface area contributed by atoms with E-state index in [-0.39, 0.29) is 5.56 Å². The Morgan fingerprint density at radius 3 is 2.42 bits per heavy atom. The van der Waals surface area contributed by atoms with Gasteiger partial charge in [0.2, 0.25) is 0 Å². The van der Waals surface area contributed by atoms with Gasteiger partial charge in [0, 0.05) is 22.3 Å². The topological polar surface area (TPSA) is 49.3 Å². The predicted molar refractivity (Wildman–Crippen MR) is 77.2 cm³/mol. The Bertz CT molecular complexity index is 594. The van der Waals surface area contributed by atoms with E-state index in [0.29, 0.717) is 16.6 Å². The van der Waals surface area contributed by atoms with Gasteiger partial charge in [-0.25, -0.2) is 4.79 Å². The smallest absolute Gasteiger partial charge is 0.335 e. The van der Waals surface area contributed by atoms with Gasteiger partial charge < -0.3 is 10.4 Å². The van der Waals surface area contributed by atoms with Crippen LogP contribution in [0.3, 0.4) is 0 Å². The zero-order valence-electron chi connectivity index (χ0n) is 9.86. The summed E-state index contributed by atoms with van der Waals surface area (Å²) in [5, 5.41) is 13.2. The van der Waals surface area contributed by atoms with E-state index in [9.17, 15) is 4.79 Å². The Kier molecular flexibility index (Phi) is 4.30. The molecule has 2 aromatic rings. The first-order valence-corrected chi connectivity index (χ1v) is 6.32. The zero-order chi connectivity index (χ0) is 13.8. The van der Waals surface area contributed by atoms with Gasteiger partial charge in [-0.05, 0) is 42.0 Å². The maximum Gasteiger partial charge on any atom is 0.335 e. The van der Waals surface area contributed by atoms with E-state index in [4.69, 9.17) is 28.3 Å². The van der Waals surface area contributed by atoms with Crippen molar-refractivity contribution in [2.24, 2.45) is 0 Å². The molecule has 0 aliphatic carbocycles. The van der Waals surface area contributed by atoms with Crippen LogP contribution < -0.4 is 5.32 Å². The molecule has 0 heterocycles. The largest absolute Gasteiger partial charge is 0.478 e. The highest BCUT2D eigenvalue weighted by molar-refractivity contribution is 6.34. The maximum atomic E-state index is 10.9. The third kappa shape index (κ3) is 3.88. The molecular weight excluding hydrogens is 285 g/mol. The van der Waals surface area contributed by atoms with E-state index in [1.165, 1.54) is 0 Å². The molecule has 0 unspecified atom stereocenters. The van der Waals surface area contributed by atoms with Crippen LogP contribution in [0.15, 0.2) is 42.5 Å². The quantitative estimate of drug-likeness (QED) is 0.884. The van der Waals surface area contributed by atoms with Crippen LogP contribution in [0.4, 0.5) is 5.69 Å². The second-order valence-electron chi connectivity index (χ2n) is 4.02. The molecule has 2 rings (SSSR count). The lowest BCUT2D eigenvalue weighted by atomic mass is 10.2. The van der Waals surface area contributed by atoms with Crippen LogP contribution in [0.25, 0.3) is 0 Å². The van der Waals surface area contributed by atoms with Crippen LogP contribution in [0.5, 0.6) is 0 Å². The second kappa shape index (κ2) is 5.95. The van der Waals surface area contributed by atoms with E-state index in [1.54, 1.807) is 30.3 Å². The Hall–Kier alpha value is -1.71. The van der Waals surface area contributed by atoms with Crippen LogP contribution in [0.2, 0.25) is 10.0 Å². The minimum absolute atomic E-state index is 0.245. The first kappa shape index (κ1) is 13.7. The van der Waals surface area contributed by atoms with Crippen molar-refractivity contribution in [2.45, 2.75) is 6.54 Å². The van der Waals surface area contributed by atoms with Crippen LogP contribution in [0, 0.1) is 0 Å². The second-order valence-corrected chi connectivity index (χ2v) is 4.89. The van der Waals surface area contributed by atoms with Crippen LogP contribution in [-0.4, -0.2) is 11.1 Å². The van der Waals surface area contributed by atoms with Crippen molar-refractivity contribution in [3.63, 3.8) is 0 Å². The van der Waals surface area contributed by atoms with Crippen LogP contribution in [0.1, 0.15) is 15.9 Å². The van der Waals surface area contributed by atoms with E-state index < -0.39 is 5.97 Å². The van der Waals surface area contributed by atoms with Gasteiger partial charge in [0.1, 0.15) is 0 Å². The number of carboxylic acids is 1. The number of halogens is 2. The molecule has 0 atom stereocenters. The van der Waals surface area contributed by atoms with Crippen molar-refractivity contribution in [1.29, 1.82) is 0 Å². The van der Waals surface area contributed by atoms with Crippen LogP contribution in [-0.2, 0) is 6.54 Å². The van der Waals surface area contributed by atoms with Gasteiger partial charge in [-0.3, -0.25) is 0 Å². The van der Waals surface area contributed by atoms with E-state index in [0.717, 1.165) is 11.3 Å². The number of hydrogen-bond acceptors (Lipinski definition) is 2. The average Bonchev–Trinajstić information content (AvgIpc) is 2.35. The minimum Gasteiger partial charge on any atom is -0.478 e. The van der Waals surface area contributed by atoms with Crippen molar-refractivity contribution < 1.29 is 9.90 Å². The molecule has 0 amide bonds. The highest BCUT2D eigenvalue weighted by Crippen LogP contribution is 2.20. The molecule has 0 aromatic heterocycles. The first-order valence-electron chi connectivity index (χ1n) is 5.57. The average molecular weight is 296 g/mol. The minimum atomic E-state index is -0.950. The summed E-state index contributed by atoms with van der Waals surface area (Å²) < 4.78 is 0. The van der Waals surface area contributed by atoms with Gasteiger partial charge in [-0.15, -0.1) is 0 Å². The summed E-state index contributed by atoms with van der Waals surface area (Å²) in [6.07, 6.45) is 0. The van der Waals surface area contributed by atoms with Gasteiger partial charge in [-0.2, -0.15) is 0 Å². The molecule has 0 saturated heterocycles. The summed E-state index contributed by atoms with van der Waals surface area (Å²) in [5.74, 6) is -0.950. The summed E-state index contributed by atoms with van der Waals surface area (Å²) in [6, 6.07) is 11.9. The normalized spacial score (nSPS) is 10.2. The van der Waals surface area contributed by atoms with Crippen LogP contribution >= 0.6 is 23.2 Å². The standard InChI is InChI=1S/C14H11Cl2NO2/c15-11-4-9(5-12(16)7-11)8-17-13-3-1-2-10(6-13)14(18)19/h1-7,17H,8H2,(H,18,19). The van der Waals surface area contributed by atoms with Gasteiger partial charge >= 0.3 is 5.97 Å². The number of anilines is 1. The number of rotatable bonds is 4. The molecule has 19 heavy (non-hydrogen) atoms. The molecule has 0 bridgehead atoms. The first-order chi connectivity index (χ1) is 9.04. The summed E-state index contributed by atoms with van der Waals surface area (Å²) >= 11 is 11.8. The summed E-state index contributed by atoms with van der Waals surface area (Å²) in [4.78, 5) is 10.9. The van der Waals surface area contributed by atoms with Gasteiger partial charge in [0.05, 0.1) is 5.56 Å². The molecule has 0 spiro atoms. The Morgan fingerprint density at radius 1 is 1.11 bits per heavy atom. The monoisotopic (exact) mass is 295 g/mol. The number of carboxylic acid groups (broad SMARTS) is 1. The number of hydrogen-bond donors (Lipinski definition) is 2. The number of aromatic carboxylic acids is 1. The lowest BCUT2D eigenvalue weighted by Gasteiger charge is -2.08. The molecule has 0 aliphatic rings. The van der Waals surface area contributed by atoms with Crippen molar-refractivity contribution in [3.05, 3.63) is 63.6 Å². The molecular formula is C14H11Cl2NO2. The highest BCUT2D eigenvalue weighted by atomic mass is 35.5. The van der Waals surface area contributed by atoms with Gasteiger partial charge in [0.25, 0.3) is 0 Å². The van der Waals surface area contributed by atoms with E-state index in [1.807, 2.05) is 12.1 Å². The highest BCUT2D eigenvalue weighted by Gasteiger charge is 2.03. The number of nitrogens with one attached hydrogen (secondary N) is 1. The zero-order valence-corrected chi connectivity index (χ0v) is 11.4. The molecule has 98 valence electrons. The molecule has 0 radical (unpaired) electrons. The van der Waals surface area contributed by atoms with Crippen molar-refractivity contribution in [2.75, 3.05) is 5.32 Å². The molecule has 2 N–H and O–H groups in total. The van der Waals surface area contributed by atoms with Crippen molar-refractivity contribution >= 4 is 34.9 Å². The molecule has 3 nitrogen and oxygen atoms in total. The van der Waals surface area contributed by atoms with Gasteiger partial charge in [0.15, 0.2) is 0 Å². The summed E-state index contributed by atoms with van der Waals surface area (Å²) in [6.45, 7) is 0.517. The molecule has 5 heteroatoms. The fourth-order valence-corrected chi connectivity index (χ4v) is 2.25. The maximum absolute atomic E-state index is 10.9. The fourth-order valence-electron chi connectivity index (χ4n) is 1.68. The lowest BCUT2D eigenvalue weighted by molar-refractivity contribution is 0.0697. The Morgan fingerprint density at radius 2 is 1.79 bits per heavy atom. The van der Waals surface area contributed by atoms with Gasteiger partial charge in [-0.1, -0.05) is 29.3 Å². The van der Waals surface area contributed by atoms with E-state index in [2.05, 4.69) is 5.32 Å². The molecule has 2 aromatic carbocycles. The van der Waals surface area contributed by atoms with E-state index >= 15 is 0 Å². The summed E-state index contributed by atoms with van der Waals surface area (Å²) in [7, 11) is 0. The Balaban J connectivity index is 2.10. The molecule has 0 aliphatic heterocycles. The Labute approximate surface area is 120 Å². The number of carbonyl (C=O) groups is 1. The number of benzene rings is 2. The summed E-state index contributed by atoms with van der Waals surface area (Å²) in [5.41, 5.74) is 1.91. The fraction of sp³-hybridized carbons (Fsp3) is 0.0714. The van der Waals surface area contributed by atoms with Crippen molar-refractivity contribution in [3.8, 4) is 0 Å². The predicted octanol–water partition coefficient (Wildman–Crippen LogP) is 4.30. The van der Waals surface area contributed by atoms with Crippen molar-refractivity contribution in [1.82, 2.24) is 0 Å².